The minimum absolute atomic E-state index is 0.237. The Bertz CT molecular complexity index is 544. The second kappa shape index (κ2) is 14.5. The summed E-state index contributed by atoms with van der Waals surface area (Å²) in [5, 5.41) is 9.20. The van der Waals surface area contributed by atoms with Crippen LogP contribution in [0.3, 0.4) is 0 Å². The van der Waals surface area contributed by atoms with Crippen LogP contribution >= 0.6 is 23.2 Å². The van der Waals surface area contributed by atoms with Crippen molar-refractivity contribution in [2.45, 2.75) is 0 Å². The number of nitrogens with zero attached hydrogens (tertiary/aromatic N) is 1. The fourth-order valence-corrected chi connectivity index (χ4v) is 1.28. The van der Waals surface area contributed by atoms with E-state index in [2.05, 4.69) is 24.8 Å². The van der Waals surface area contributed by atoms with Crippen molar-refractivity contribution in [2.24, 2.45) is 0 Å². The molecule has 0 aliphatic heterocycles. The summed E-state index contributed by atoms with van der Waals surface area (Å²) in [4.78, 5) is 0. The summed E-state index contributed by atoms with van der Waals surface area (Å²) >= 11 is 10.3. The van der Waals surface area contributed by atoms with E-state index in [1.807, 2.05) is 6.07 Å². The van der Waals surface area contributed by atoms with Gasteiger partial charge < -0.3 is 0 Å². The highest BCUT2D eigenvalue weighted by Crippen LogP contribution is 2.21. The van der Waals surface area contributed by atoms with Gasteiger partial charge >= 0.3 is 0 Å². The number of allylic oxidation sites excluding steroid dienone is 5. The Morgan fingerprint density at radius 1 is 1.29 bits per heavy atom. The molecule has 1 aromatic rings. The Hall–Kier alpha value is -1.89. The molecule has 0 aliphatic rings. The highest BCUT2D eigenvalue weighted by atomic mass is 35.5. The molecule has 5 heteroatoms. The van der Waals surface area contributed by atoms with Gasteiger partial charge in [-0.05, 0) is 24.3 Å². The molecule has 0 fully saturated rings. The van der Waals surface area contributed by atoms with E-state index in [-0.39, 0.29) is 17.5 Å². The van der Waals surface area contributed by atoms with Crippen LogP contribution in [0.5, 0.6) is 0 Å². The maximum Gasteiger partial charge on any atom is 0.133 e. The van der Waals surface area contributed by atoms with E-state index in [9.17, 15) is 8.78 Å². The molecule has 0 amide bonds. The van der Waals surface area contributed by atoms with Gasteiger partial charge in [0.25, 0.3) is 0 Å². The summed E-state index contributed by atoms with van der Waals surface area (Å²) in [5.41, 5.74) is 0.480. The topological polar surface area (TPSA) is 23.8 Å². The second-order valence-electron chi connectivity index (χ2n) is 3.09. The Morgan fingerprint density at radius 2 is 1.86 bits per heavy atom. The van der Waals surface area contributed by atoms with E-state index >= 15 is 0 Å². The van der Waals surface area contributed by atoms with Crippen LogP contribution in [-0.2, 0) is 0 Å². The average Bonchev–Trinajstić information content (AvgIpc) is 2.48. The first-order valence-electron chi connectivity index (χ1n) is 5.54. The molecule has 1 aromatic carbocycles. The molecule has 1 rings (SSSR count). The lowest BCUT2D eigenvalue weighted by molar-refractivity contribution is 0.624. The quantitative estimate of drug-likeness (QED) is 0.374. The summed E-state index contributed by atoms with van der Waals surface area (Å²) in [7, 11) is 0. The van der Waals surface area contributed by atoms with Gasteiger partial charge in [-0.25, -0.2) is 8.78 Å². The van der Waals surface area contributed by atoms with E-state index in [1.165, 1.54) is 24.6 Å². The third kappa shape index (κ3) is 9.61. The lowest BCUT2D eigenvalue weighted by atomic mass is 10.1. The van der Waals surface area contributed by atoms with E-state index in [0.29, 0.717) is 5.02 Å². The van der Waals surface area contributed by atoms with Crippen molar-refractivity contribution < 1.29 is 8.78 Å². The predicted octanol–water partition coefficient (Wildman–Crippen LogP) is 6.08. The molecule has 0 bridgehead atoms. The first kappa shape index (κ1) is 21.4. The van der Waals surface area contributed by atoms with Gasteiger partial charge in [-0.3, -0.25) is 0 Å². The second-order valence-corrected chi connectivity index (χ2v) is 3.53. The maximum atomic E-state index is 13.5. The zero-order chi connectivity index (χ0) is 16.7. The predicted molar refractivity (Wildman–Crippen MR) is 87.4 cm³/mol. The number of halogens is 4. The molecule has 0 aliphatic carbocycles. The van der Waals surface area contributed by atoms with Crippen LogP contribution in [0.15, 0.2) is 62.0 Å². The fourth-order valence-electron chi connectivity index (χ4n) is 1.13. The van der Waals surface area contributed by atoms with E-state index < -0.39 is 5.82 Å². The molecule has 0 saturated heterocycles. The van der Waals surface area contributed by atoms with Gasteiger partial charge in [0.2, 0.25) is 0 Å². The lowest BCUT2D eigenvalue weighted by Crippen LogP contribution is -1.87. The van der Waals surface area contributed by atoms with E-state index in [4.69, 9.17) is 16.9 Å². The molecule has 0 saturated carbocycles. The lowest BCUT2D eigenvalue weighted by Gasteiger charge is -2.00. The summed E-state index contributed by atoms with van der Waals surface area (Å²) in [6.45, 7) is 6.19. The number of nitriles is 1. The highest BCUT2D eigenvalue weighted by Gasteiger charge is 2.06. The number of alkyl halides is 1. The Balaban J connectivity index is 0. The van der Waals surface area contributed by atoms with E-state index in [1.54, 1.807) is 24.3 Å². The highest BCUT2D eigenvalue weighted by molar-refractivity contribution is 6.30. The average molecular weight is 330 g/mol. The van der Waals surface area contributed by atoms with Gasteiger partial charge in [0.05, 0.1) is 18.0 Å². The summed E-state index contributed by atoms with van der Waals surface area (Å²) in [5.74, 6) is -0.507. The van der Waals surface area contributed by atoms with Gasteiger partial charge in [0.15, 0.2) is 0 Å². The molecule has 112 valence electrons. The molecule has 0 N–H and O–H groups in total. The molecule has 0 radical (unpaired) electrons. The van der Waals surface area contributed by atoms with Crippen LogP contribution < -0.4 is 0 Å². The van der Waals surface area contributed by atoms with Crippen molar-refractivity contribution in [3.63, 3.8) is 0 Å². The van der Waals surface area contributed by atoms with Crippen LogP contribution in [0, 0.1) is 17.1 Å². The summed E-state index contributed by atoms with van der Waals surface area (Å²) in [6.07, 6.45) is 8.10. The molecule has 0 unspecified atom stereocenters. The number of rotatable bonds is 3. The SMILES string of the molecule is C=C/C=C/C=C(\C#N)c1ccc(Cl)cc1F.C=CF.CCl. The molecular formula is C16H15Cl2F2N. The number of hydrogen-bond donors (Lipinski definition) is 0. The minimum atomic E-state index is -0.507. The largest absolute Gasteiger partial charge is 0.216 e. The van der Waals surface area contributed by atoms with Gasteiger partial charge in [0, 0.05) is 17.0 Å². The Morgan fingerprint density at radius 3 is 2.29 bits per heavy atom. The van der Waals surface area contributed by atoms with Gasteiger partial charge in [-0.1, -0.05) is 43.0 Å². The molecule has 0 aromatic heterocycles. The van der Waals surface area contributed by atoms with Crippen LogP contribution in [0.1, 0.15) is 5.56 Å². The minimum Gasteiger partial charge on any atom is -0.216 e. The smallest absolute Gasteiger partial charge is 0.133 e. The van der Waals surface area contributed by atoms with Crippen molar-refractivity contribution in [1.29, 1.82) is 5.26 Å². The van der Waals surface area contributed by atoms with Gasteiger partial charge in [-0.15, -0.1) is 11.6 Å². The van der Waals surface area contributed by atoms with Gasteiger partial charge in [-0.2, -0.15) is 5.26 Å². The standard InChI is InChI=1S/C13H9ClFN.C2H3F.CH3Cl/c1-2-3-4-5-10(9-16)12-7-6-11(14)8-13(12)15;1-2-3;1-2/h2-8H,1H2;2H,1H2;1H3/b4-3+,10-5+;;. The molecular weight excluding hydrogens is 315 g/mol. The van der Waals surface area contributed by atoms with Crippen LogP contribution in [0.2, 0.25) is 5.02 Å². The molecule has 0 spiro atoms. The van der Waals surface area contributed by atoms with Crippen LogP contribution in [0.25, 0.3) is 5.57 Å². The van der Waals surface area contributed by atoms with Crippen LogP contribution in [0.4, 0.5) is 8.78 Å². The number of benzene rings is 1. The van der Waals surface area contributed by atoms with Crippen molar-refractivity contribution in [1.82, 2.24) is 0 Å². The molecule has 21 heavy (non-hydrogen) atoms. The van der Waals surface area contributed by atoms with E-state index in [0.717, 1.165) is 0 Å². The zero-order valence-electron chi connectivity index (χ0n) is 11.5. The van der Waals surface area contributed by atoms with Gasteiger partial charge in [0.1, 0.15) is 5.82 Å². The molecule has 0 heterocycles. The summed E-state index contributed by atoms with van der Waals surface area (Å²) < 4.78 is 23.5. The van der Waals surface area contributed by atoms with Crippen LogP contribution in [-0.4, -0.2) is 6.38 Å². The monoisotopic (exact) mass is 329 g/mol. The number of hydrogen-bond acceptors (Lipinski definition) is 1. The third-order valence-electron chi connectivity index (χ3n) is 1.85. The Labute approximate surface area is 134 Å². The maximum absolute atomic E-state index is 13.5. The first-order valence-corrected chi connectivity index (χ1v) is 6.67. The van der Waals surface area contributed by atoms with Crippen molar-refractivity contribution >= 4 is 28.8 Å². The summed E-state index contributed by atoms with van der Waals surface area (Å²) in [6, 6.07) is 6.13. The van der Waals surface area contributed by atoms with Crippen molar-refractivity contribution in [2.75, 3.05) is 6.38 Å². The fraction of sp³-hybridized carbons (Fsp3) is 0.0625. The molecule has 0 atom stereocenters. The third-order valence-corrected chi connectivity index (χ3v) is 2.09. The molecule has 1 nitrogen and oxygen atoms in total. The van der Waals surface area contributed by atoms with Crippen molar-refractivity contribution in [3.8, 4) is 6.07 Å². The van der Waals surface area contributed by atoms with Crippen molar-refractivity contribution in [3.05, 3.63) is 78.4 Å². The first-order chi connectivity index (χ1) is 10.1. The Kier molecular flexibility index (Phi) is 14.8. The normalized spacial score (nSPS) is 9.62. The zero-order valence-corrected chi connectivity index (χ0v) is 13.0.